The molecule has 0 saturated heterocycles. The van der Waals surface area contributed by atoms with Crippen molar-refractivity contribution >= 4 is 5.65 Å². The Labute approximate surface area is 164 Å². The normalized spacial score (nSPS) is 15.0. The van der Waals surface area contributed by atoms with Gasteiger partial charge in [-0.25, -0.2) is 14.5 Å². The highest BCUT2D eigenvalue weighted by atomic mass is 16.5. The third kappa shape index (κ3) is 2.41. The van der Waals surface area contributed by atoms with Gasteiger partial charge in [-0.1, -0.05) is 36.4 Å². The van der Waals surface area contributed by atoms with Gasteiger partial charge in [0.1, 0.15) is 23.6 Å². The van der Waals surface area contributed by atoms with Crippen LogP contribution in [0.4, 0.5) is 0 Å². The molecule has 3 aromatic heterocycles. The first-order valence-corrected chi connectivity index (χ1v) is 9.13. The summed E-state index contributed by atoms with van der Waals surface area (Å²) in [5.74, 6) is 2.15. The Balaban J connectivity index is 1.63. The fourth-order valence-electron chi connectivity index (χ4n) is 3.76. The van der Waals surface area contributed by atoms with Crippen molar-refractivity contribution in [1.82, 2.24) is 19.6 Å². The predicted octanol–water partition coefficient (Wildman–Crippen LogP) is 4.38. The lowest BCUT2D eigenvalue weighted by Gasteiger charge is -2.26. The smallest absolute Gasteiger partial charge is 0.228 e. The van der Waals surface area contributed by atoms with E-state index in [1.807, 2.05) is 48.5 Å². The summed E-state index contributed by atoms with van der Waals surface area (Å²) in [4.78, 5) is 9.25. The molecular weight excluding hydrogens is 368 g/mol. The molecule has 1 unspecified atom stereocenters. The molecule has 2 aromatic carbocycles. The third-order valence-electron chi connectivity index (χ3n) is 5.05. The number of aromatic nitrogens is 4. The van der Waals surface area contributed by atoms with Crippen molar-refractivity contribution in [2.45, 2.75) is 5.92 Å². The van der Waals surface area contributed by atoms with Gasteiger partial charge in [-0.2, -0.15) is 0 Å². The first-order chi connectivity index (χ1) is 14.3. The number of furan rings is 1. The van der Waals surface area contributed by atoms with E-state index < -0.39 is 0 Å². The topological polar surface area (TPSA) is 85.7 Å². The Morgan fingerprint density at radius 3 is 2.72 bits per heavy atom. The van der Waals surface area contributed by atoms with E-state index in [0.29, 0.717) is 23.1 Å². The Bertz CT molecular complexity index is 1340. The summed E-state index contributed by atoms with van der Waals surface area (Å²) >= 11 is 0. The number of hydrogen-bond acceptors (Lipinski definition) is 6. The highest BCUT2D eigenvalue weighted by molar-refractivity contribution is 5.68. The molecule has 1 aliphatic rings. The van der Waals surface area contributed by atoms with E-state index in [0.717, 1.165) is 22.5 Å². The van der Waals surface area contributed by atoms with E-state index in [2.05, 4.69) is 10.1 Å². The van der Waals surface area contributed by atoms with Crippen LogP contribution in [0.25, 0.3) is 17.0 Å². The number of benzene rings is 2. The zero-order valence-electron chi connectivity index (χ0n) is 15.1. The van der Waals surface area contributed by atoms with Crippen LogP contribution in [-0.4, -0.2) is 24.7 Å². The van der Waals surface area contributed by atoms with Crippen molar-refractivity contribution in [3.05, 3.63) is 90.1 Å². The Kier molecular flexibility index (Phi) is 3.25. The van der Waals surface area contributed by atoms with Gasteiger partial charge in [0.2, 0.25) is 5.88 Å². The van der Waals surface area contributed by atoms with E-state index in [-0.39, 0.29) is 11.7 Å². The van der Waals surface area contributed by atoms with Crippen LogP contribution in [0.5, 0.6) is 17.4 Å². The summed E-state index contributed by atoms with van der Waals surface area (Å²) in [6, 6.07) is 18.6. The van der Waals surface area contributed by atoms with Gasteiger partial charge in [0.05, 0.1) is 17.7 Å². The molecule has 0 radical (unpaired) electrons. The number of ether oxygens (including phenoxy) is 1. The summed E-state index contributed by atoms with van der Waals surface area (Å²) in [6.45, 7) is 0. The van der Waals surface area contributed by atoms with Gasteiger partial charge in [0.25, 0.3) is 0 Å². The van der Waals surface area contributed by atoms with Crippen LogP contribution in [0.15, 0.2) is 77.7 Å². The largest absolute Gasteiger partial charge is 0.508 e. The lowest BCUT2D eigenvalue weighted by atomic mass is 9.87. The molecular formula is C22H14N4O3. The highest BCUT2D eigenvalue weighted by Crippen LogP contribution is 2.48. The average Bonchev–Trinajstić information content (AvgIpc) is 3.42. The van der Waals surface area contributed by atoms with Gasteiger partial charge in [0, 0.05) is 17.2 Å². The highest BCUT2D eigenvalue weighted by Gasteiger charge is 2.35. The van der Waals surface area contributed by atoms with Gasteiger partial charge >= 0.3 is 0 Å². The van der Waals surface area contributed by atoms with Crippen LogP contribution in [0.3, 0.4) is 0 Å². The van der Waals surface area contributed by atoms with Crippen LogP contribution in [0.1, 0.15) is 22.8 Å². The maximum Gasteiger partial charge on any atom is 0.228 e. The second-order valence-electron chi connectivity index (χ2n) is 6.81. The van der Waals surface area contributed by atoms with Crippen molar-refractivity contribution in [2.75, 3.05) is 0 Å². The maximum absolute atomic E-state index is 9.90. The fraction of sp³-hybridized carbons (Fsp3) is 0.0455. The summed E-state index contributed by atoms with van der Waals surface area (Å²) < 4.78 is 13.4. The maximum atomic E-state index is 9.90. The molecule has 6 rings (SSSR count). The number of phenolic OH excluding ortho intramolecular Hbond substituents is 1. The zero-order chi connectivity index (χ0) is 19.4. The lowest BCUT2D eigenvalue weighted by molar-refractivity contribution is 0.409. The standard InChI is InChI=1S/C22H14N4O3/c27-14-8-9-15-17(11-14)29-22-19(18(15)16-7-4-10-28-16)21-24-20(25-26(21)12-23-22)13-5-2-1-3-6-13/h1-12,18,27H. The molecule has 0 fully saturated rings. The van der Waals surface area contributed by atoms with Crippen molar-refractivity contribution < 1.29 is 14.3 Å². The molecule has 140 valence electrons. The van der Waals surface area contributed by atoms with Crippen LogP contribution >= 0.6 is 0 Å². The van der Waals surface area contributed by atoms with Gasteiger partial charge in [-0.3, -0.25) is 0 Å². The van der Waals surface area contributed by atoms with E-state index in [4.69, 9.17) is 14.1 Å². The minimum atomic E-state index is -0.284. The number of rotatable bonds is 2. The molecule has 0 aliphatic carbocycles. The number of fused-ring (bicyclic) bond motifs is 4. The molecule has 0 amide bonds. The molecule has 5 aromatic rings. The van der Waals surface area contributed by atoms with Crippen LogP contribution in [-0.2, 0) is 0 Å². The second kappa shape index (κ2) is 5.93. The molecule has 0 spiro atoms. The molecule has 1 atom stereocenters. The van der Waals surface area contributed by atoms with Gasteiger partial charge in [0.15, 0.2) is 11.5 Å². The molecule has 29 heavy (non-hydrogen) atoms. The van der Waals surface area contributed by atoms with Crippen LogP contribution in [0.2, 0.25) is 0 Å². The first-order valence-electron chi connectivity index (χ1n) is 9.13. The van der Waals surface area contributed by atoms with Crippen molar-refractivity contribution in [1.29, 1.82) is 0 Å². The number of hydrogen-bond donors (Lipinski definition) is 1. The molecule has 0 bridgehead atoms. The third-order valence-corrected chi connectivity index (χ3v) is 5.05. The van der Waals surface area contributed by atoms with Crippen molar-refractivity contribution in [3.8, 4) is 28.8 Å². The summed E-state index contributed by atoms with van der Waals surface area (Å²) in [5, 5.41) is 14.5. The van der Waals surface area contributed by atoms with Crippen LogP contribution in [0, 0.1) is 0 Å². The first kappa shape index (κ1) is 15.9. The zero-order valence-corrected chi connectivity index (χ0v) is 15.1. The molecule has 1 aliphatic heterocycles. The van der Waals surface area contributed by atoms with Gasteiger partial charge in [-0.05, 0) is 18.2 Å². The molecule has 0 saturated carbocycles. The van der Waals surface area contributed by atoms with Crippen molar-refractivity contribution in [2.24, 2.45) is 0 Å². The second-order valence-corrected chi connectivity index (χ2v) is 6.81. The Morgan fingerprint density at radius 1 is 1.00 bits per heavy atom. The minimum absolute atomic E-state index is 0.125. The average molecular weight is 382 g/mol. The molecule has 7 heteroatoms. The molecule has 1 N–H and O–H groups in total. The minimum Gasteiger partial charge on any atom is -0.508 e. The number of nitrogens with zero attached hydrogens (tertiary/aromatic N) is 4. The quantitative estimate of drug-likeness (QED) is 0.478. The molecule has 7 nitrogen and oxygen atoms in total. The SMILES string of the molecule is Oc1ccc2c(c1)Oc1ncn3nc(-c4ccccc4)nc3c1C2c1ccco1. The van der Waals surface area contributed by atoms with E-state index >= 15 is 0 Å². The van der Waals surface area contributed by atoms with Crippen molar-refractivity contribution in [3.63, 3.8) is 0 Å². The van der Waals surface area contributed by atoms with Gasteiger partial charge in [-0.15, -0.1) is 5.10 Å². The molecule has 4 heterocycles. The predicted molar refractivity (Wildman–Crippen MR) is 104 cm³/mol. The number of aromatic hydroxyl groups is 1. The Hall–Kier alpha value is -4.13. The van der Waals surface area contributed by atoms with E-state index in [1.165, 1.54) is 0 Å². The fourth-order valence-corrected chi connectivity index (χ4v) is 3.76. The lowest BCUT2D eigenvalue weighted by Crippen LogP contribution is -2.14. The van der Waals surface area contributed by atoms with E-state index in [9.17, 15) is 5.11 Å². The van der Waals surface area contributed by atoms with Crippen LogP contribution < -0.4 is 4.74 Å². The van der Waals surface area contributed by atoms with E-state index in [1.54, 1.807) is 29.2 Å². The Morgan fingerprint density at radius 2 is 1.90 bits per heavy atom. The summed E-state index contributed by atoms with van der Waals surface area (Å²) in [6.07, 6.45) is 3.22. The summed E-state index contributed by atoms with van der Waals surface area (Å²) in [5.41, 5.74) is 3.20. The summed E-state index contributed by atoms with van der Waals surface area (Å²) in [7, 11) is 0. The van der Waals surface area contributed by atoms with Gasteiger partial charge < -0.3 is 14.3 Å². The monoisotopic (exact) mass is 382 g/mol. The number of phenols is 1.